The molecule has 1 atom stereocenters. The maximum Gasteiger partial charge on any atom is 0.340 e. The van der Waals surface area contributed by atoms with Gasteiger partial charge in [0.15, 0.2) is 0 Å². The molecular formula is C14H18Br2N2O3. The molecule has 1 rings (SSSR count). The fourth-order valence-electron chi connectivity index (χ4n) is 1.86. The second-order valence-electron chi connectivity index (χ2n) is 4.92. The molecule has 0 aliphatic rings. The molecule has 1 amide bonds. The molecule has 0 saturated heterocycles. The Labute approximate surface area is 140 Å². The van der Waals surface area contributed by atoms with Crippen LogP contribution in [0.5, 0.6) is 0 Å². The van der Waals surface area contributed by atoms with Gasteiger partial charge in [0.1, 0.15) is 0 Å². The fourth-order valence-corrected chi connectivity index (χ4v) is 3.19. The number of hydrogen-bond acceptors (Lipinski definition) is 4. The maximum atomic E-state index is 12.3. The number of ether oxygens (including phenoxy) is 1. The summed E-state index contributed by atoms with van der Waals surface area (Å²) in [6.07, 6.45) is 1.33. The van der Waals surface area contributed by atoms with Crippen molar-refractivity contribution in [2.45, 2.75) is 32.2 Å². The smallest absolute Gasteiger partial charge is 0.340 e. The van der Waals surface area contributed by atoms with E-state index >= 15 is 0 Å². The molecule has 0 fully saturated rings. The molecule has 5 nitrogen and oxygen atoms in total. The van der Waals surface area contributed by atoms with E-state index in [1.807, 2.05) is 6.92 Å². The zero-order chi connectivity index (χ0) is 16.2. The molecule has 0 saturated carbocycles. The van der Waals surface area contributed by atoms with Gasteiger partial charge < -0.3 is 15.8 Å². The van der Waals surface area contributed by atoms with Crippen LogP contribution in [-0.4, -0.2) is 24.5 Å². The van der Waals surface area contributed by atoms with E-state index < -0.39 is 11.5 Å². The zero-order valence-electron chi connectivity index (χ0n) is 12.1. The number of nitrogens with one attached hydrogen (secondary N) is 1. The van der Waals surface area contributed by atoms with Crippen LogP contribution in [0.15, 0.2) is 21.1 Å². The highest BCUT2D eigenvalue weighted by atomic mass is 79.9. The number of methoxy groups -OCH3 is 1. The Balaban J connectivity index is 3.19. The lowest BCUT2D eigenvalue weighted by Crippen LogP contribution is -2.48. The third-order valence-corrected chi connectivity index (χ3v) is 4.07. The van der Waals surface area contributed by atoms with Gasteiger partial charge in [-0.15, -0.1) is 0 Å². The molecule has 116 valence electrons. The number of halogens is 2. The van der Waals surface area contributed by atoms with Gasteiger partial charge in [-0.05, 0) is 41.4 Å². The molecule has 3 N–H and O–H groups in total. The SMILES string of the molecule is CCCC(C)(N)C(=O)Nc1c(Br)cc(Br)cc1C(=O)OC. The summed E-state index contributed by atoms with van der Waals surface area (Å²) < 4.78 is 6.00. The molecular weight excluding hydrogens is 404 g/mol. The van der Waals surface area contributed by atoms with Crippen molar-refractivity contribution in [2.75, 3.05) is 12.4 Å². The maximum absolute atomic E-state index is 12.3. The second-order valence-corrected chi connectivity index (χ2v) is 6.69. The Hall–Kier alpha value is -0.920. The van der Waals surface area contributed by atoms with E-state index in [-0.39, 0.29) is 11.5 Å². The normalized spacial score (nSPS) is 13.4. The van der Waals surface area contributed by atoms with Crippen LogP contribution >= 0.6 is 31.9 Å². The van der Waals surface area contributed by atoms with Crippen LogP contribution in [0.1, 0.15) is 37.0 Å². The summed E-state index contributed by atoms with van der Waals surface area (Å²) in [4.78, 5) is 24.2. The minimum absolute atomic E-state index is 0.249. The van der Waals surface area contributed by atoms with Crippen LogP contribution in [0.3, 0.4) is 0 Å². The van der Waals surface area contributed by atoms with Crippen LogP contribution in [-0.2, 0) is 9.53 Å². The Kier molecular flexibility index (Phi) is 6.37. The molecule has 0 aliphatic carbocycles. The monoisotopic (exact) mass is 420 g/mol. The zero-order valence-corrected chi connectivity index (χ0v) is 15.3. The highest BCUT2D eigenvalue weighted by molar-refractivity contribution is 9.11. The molecule has 1 aromatic rings. The van der Waals surface area contributed by atoms with Crippen LogP contribution in [0.25, 0.3) is 0 Å². The third-order valence-electron chi connectivity index (χ3n) is 2.99. The molecule has 1 aromatic carbocycles. The van der Waals surface area contributed by atoms with Crippen molar-refractivity contribution in [3.05, 3.63) is 26.6 Å². The summed E-state index contributed by atoms with van der Waals surface area (Å²) in [7, 11) is 1.28. The van der Waals surface area contributed by atoms with Crippen molar-refractivity contribution in [2.24, 2.45) is 5.73 Å². The molecule has 1 unspecified atom stereocenters. The highest BCUT2D eigenvalue weighted by Gasteiger charge is 2.29. The van der Waals surface area contributed by atoms with E-state index in [1.54, 1.807) is 19.1 Å². The van der Waals surface area contributed by atoms with Crippen molar-refractivity contribution in [1.29, 1.82) is 0 Å². The summed E-state index contributed by atoms with van der Waals surface area (Å²) in [6, 6.07) is 3.32. The van der Waals surface area contributed by atoms with Crippen LogP contribution in [0, 0.1) is 0 Å². The quantitative estimate of drug-likeness (QED) is 0.713. The van der Waals surface area contributed by atoms with Crippen LogP contribution < -0.4 is 11.1 Å². The predicted octanol–water partition coefficient (Wildman–Crippen LogP) is 3.45. The Bertz CT molecular complexity index is 559. The number of amides is 1. The lowest BCUT2D eigenvalue weighted by atomic mass is 9.96. The largest absolute Gasteiger partial charge is 0.465 e. The number of hydrogen-bond donors (Lipinski definition) is 2. The van der Waals surface area contributed by atoms with Gasteiger partial charge in [-0.3, -0.25) is 4.79 Å². The number of carbonyl (C=O) groups excluding carboxylic acids is 2. The van der Waals surface area contributed by atoms with Gasteiger partial charge in [0.25, 0.3) is 0 Å². The van der Waals surface area contributed by atoms with E-state index in [0.717, 1.165) is 6.42 Å². The first kappa shape index (κ1) is 18.1. The van der Waals surface area contributed by atoms with Crippen LogP contribution in [0.2, 0.25) is 0 Å². The summed E-state index contributed by atoms with van der Waals surface area (Å²) in [5, 5.41) is 2.71. The summed E-state index contributed by atoms with van der Waals surface area (Å²) in [5.74, 6) is -0.890. The fraction of sp³-hybridized carbons (Fsp3) is 0.429. The molecule has 0 spiro atoms. The van der Waals surface area contributed by atoms with Gasteiger partial charge in [0.05, 0.1) is 23.9 Å². The first-order valence-electron chi connectivity index (χ1n) is 6.40. The van der Waals surface area contributed by atoms with Crippen molar-refractivity contribution >= 4 is 49.4 Å². The second kappa shape index (κ2) is 7.38. The average molecular weight is 422 g/mol. The first-order chi connectivity index (χ1) is 9.72. The number of carbonyl (C=O) groups is 2. The molecule has 0 aliphatic heterocycles. The lowest BCUT2D eigenvalue weighted by molar-refractivity contribution is -0.120. The standard InChI is InChI=1S/C14H18Br2N2O3/c1-4-5-14(2,17)13(20)18-11-9(12(19)21-3)6-8(15)7-10(11)16/h6-7H,4-5,17H2,1-3H3,(H,18,20). The number of esters is 1. The number of nitrogens with two attached hydrogens (primary N) is 1. The van der Waals surface area contributed by atoms with E-state index in [9.17, 15) is 9.59 Å². The molecule has 0 radical (unpaired) electrons. The van der Waals surface area contributed by atoms with Gasteiger partial charge in [-0.2, -0.15) is 0 Å². The Morgan fingerprint density at radius 1 is 1.38 bits per heavy atom. The van der Waals surface area contributed by atoms with Gasteiger partial charge in [0, 0.05) is 8.95 Å². The minimum atomic E-state index is -1.01. The Morgan fingerprint density at radius 2 is 2.00 bits per heavy atom. The minimum Gasteiger partial charge on any atom is -0.465 e. The van der Waals surface area contributed by atoms with Gasteiger partial charge >= 0.3 is 5.97 Å². The lowest BCUT2D eigenvalue weighted by Gasteiger charge is -2.24. The Morgan fingerprint density at radius 3 is 2.52 bits per heavy atom. The van der Waals surface area contributed by atoms with E-state index in [4.69, 9.17) is 10.5 Å². The summed E-state index contributed by atoms with van der Waals surface area (Å²) in [5.41, 5.74) is 5.60. The van der Waals surface area contributed by atoms with Crippen molar-refractivity contribution in [3.8, 4) is 0 Å². The van der Waals surface area contributed by atoms with Crippen LogP contribution in [0.4, 0.5) is 5.69 Å². The number of benzene rings is 1. The van der Waals surface area contributed by atoms with Crippen molar-refractivity contribution in [3.63, 3.8) is 0 Å². The molecule has 0 aromatic heterocycles. The van der Waals surface area contributed by atoms with E-state index in [1.165, 1.54) is 7.11 Å². The number of anilines is 1. The average Bonchev–Trinajstić information content (AvgIpc) is 2.40. The topological polar surface area (TPSA) is 81.4 Å². The van der Waals surface area contributed by atoms with Crippen molar-refractivity contribution in [1.82, 2.24) is 0 Å². The predicted molar refractivity (Wildman–Crippen MR) is 89.3 cm³/mol. The third kappa shape index (κ3) is 4.52. The van der Waals surface area contributed by atoms with E-state index in [2.05, 4.69) is 37.2 Å². The van der Waals surface area contributed by atoms with Crippen molar-refractivity contribution < 1.29 is 14.3 Å². The first-order valence-corrected chi connectivity index (χ1v) is 7.99. The number of rotatable bonds is 5. The van der Waals surface area contributed by atoms with E-state index in [0.29, 0.717) is 21.1 Å². The highest BCUT2D eigenvalue weighted by Crippen LogP contribution is 2.32. The molecule has 7 heteroatoms. The van der Waals surface area contributed by atoms with Gasteiger partial charge in [-0.25, -0.2) is 4.79 Å². The molecule has 0 bridgehead atoms. The summed E-state index contributed by atoms with van der Waals surface area (Å²) >= 11 is 6.64. The molecule has 21 heavy (non-hydrogen) atoms. The summed E-state index contributed by atoms with van der Waals surface area (Å²) in [6.45, 7) is 3.62. The molecule has 0 heterocycles. The van der Waals surface area contributed by atoms with Gasteiger partial charge in [-0.1, -0.05) is 29.3 Å². The van der Waals surface area contributed by atoms with Gasteiger partial charge in [0.2, 0.25) is 5.91 Å².